The van der Waals surface area contributed by atoms with Crippen molar-refractivity contribution in [2.24, 2.45) is 5.92 Å². The second kappa shape index (κ2) is 7.23. The quantitative estimate of drug-likeness (QED) is 0.874. The van der Waals surface area contributed by atoms with Crippen LogP contribution < -0.4 is 5.32 Å². The van der Waals surface area contributed by atoms with Crippen LogP contribution in [-0.4, -0.2) is 23.3 Å². The maximum absolute atomic E-state index is 12.3. The van der Waals surface area contributed by atoms with Gasteiger partial charge in [-0.05, 0) is 54.0 Å². The molecule has 4 rings (SSSR count). The molecule has 1 N–H and O–H groups in total. The largest absolute Gasteiger partial charge is 0.331 e. The first-order chi connectivity index (χ1) is 12.6. The second-order valence-corrected chi connectivity index (χ2v) is 8.26. The molecule has 1 aromatic carbocycles. The second-order valence-electron chi connectivity index (χ2n) is 7.26. The summed E-state index contributed by atoms with van der Waals surface area (Å²) in [5.74, 6) is 0.401. The maximum Gasteiger partial charge on any atom is 0.227 e. The zero-order valence-corrected chi connectivity index (χ0v) is 15.8. The summed E-state index contributed by atoms with van der Waals surface area (Å²) in [5.41, 5.74) is 3.17. The Morgan fingerprint density at radius 2 is 1.85 bits per heavy atom. The smallest absolute Gasteiger partial charge is 0.227 e. The van der Waals surface area contributed by atoms with Crippen molar-refractivity contribution in [1.82, 2.24) is 4.90 Å². The molecule has 1 aliphatic carbocycles. The molecule has 1 aliphatic heterocycles. The topological polar surface area (TPSA) is 49.4 Å². The molecular formula is C21H24N2O2S. The molecule has 0 saturated heterocycles. The number of carbonyl (C=O) groups excluding carboxylic acids is 2. The van der Waals surface area contributed by atoms with Gasteiger partial charge in [0.2, 0.25) is 11.8 Å². The highest BCUT2D eigenvalue weighted by Crippen LogP contribution is 2.38. The summed E-state index contributed by atoms with van der Waals surface area (Å²) in [5, 5.41) is 5.15. The summed E-state index contributed by atoms with van der Waals surface area (Å²) in [7, 11) is 0. The van der Waals surface area contributed by atoms with Gasteiger partial charge in [0.15, 0.2) is 0 Å². The van der Waals surface area contributed by atoms with Crippen LogP contribution in [0.15, 0.2) is 35.7 Å². The third-order valence-electron chi connectivity index (χ3n) is 5.59. The molecule has 0 spiro atoms. The highest BCUT2D eigenvalue weighted by molar-refractivity contribution is 7.10. The van der Waals surface area contributed by atoms with Gasteiger partial charge in [-0.1, -0.05) is 25.0 Å². The van der Waals surface area contributed by atoms with E-state index in [0.29, 0.717) is 0 Å². The zero-order valence-electron chi connectivity index (χ0n) is 15.0. The fourth-order valence-electron chi connectivity index (χ4n) is 4.20. The third-order valence-corrected chi connectivity index (χ3v) is 6.59. The van der Waals surface area contributed by atoms with Crippen LogP contribution in [0.4, 0.5) is 5.69 Å². The van der Waals surface area contributed by atoms with Crippen LogP contribution >= 0.6 is 11.3 Å². The maximum atomic E-state index is 12.3. The Hall–Kier alpha value is -2.14. The van der Waals surface area contributed by atoms with Gasteiger partial charge in [0.25, 0.3) is 0 Å². The minimum absolute atomic E-state index is 0.0258. The molecule has 1 atom stereocenters. The number of rotatable bonds is 3. The van der Waals surface area contributed by atoms with Crippen molar-refractivity contribution in [2.75, 3.05) is 11.9 Å². The van der Waals surface area contributed by atoms with E-state index < -0.39 is 0 Å². The van der Waals surface area contributed by atoms with Gasteiger partial charge in [-0.15, -0.1) is 11.3 Å². The van der Waals surface area contributed by atoms with Crippen molar-refractivity contribution in [2.45, 2.75) is 45.1 Å². The summed E-state index contributed by atoms with van der Waals surface area (Å²) >= 11 is 1.77. The van der Waals surface area contributed by atoms with Crippen molar-refractivity contribution in [1.29, 1.82) is 0 Å². The number of carbonyl (C=O) groups is 2. The number of nitrogens with one attached hydrogen (secondary N) is 1. The van der Waals surface area contributed by atoms with Crippen molar-refractivity contribution in [3.63, 3.8) is 0 Å². The predicted octanol–water partition coefficient (Wildman–Crippen LogP) is 4.37. The summed E-state index contributed by atoms with van der Waals surface area (Å²) in [6.45, 7) is 2.40. The van der Waals surface area contributed by atoms with Crippen LogP contribution in [0.5, 0.6) is 0 Å². The van der Waals surface area contributed by atoms with Gasteiger partial charge in [0, 0.05) is 30.0 Å². The van der Waals surface area contributed by atoms with Gasteiger partial charge < -0.3 is 10.2 Å². The van der Waals surface area contributed by atoms with E-state index in [2.05, 4.69) is 16.8 Å². The van der Waals surface area contributed by atoms with Gasteiger partial charge in [-0.25, -0.2) is 0 Å². The van der Waals surface area contributed by atoms with Gasteiger partial charge in [0.1, 0.15) is 0 Å². The standard InChI is InChI=1S/C21H24N2O2S/c1-14(24)23-12-10-19-18(11-13-26-19)20(23)15-6-8-17(9-7-15)22-21(25)16-4-2-3-5-16/h6-9,11,13,16,20H,2-5,10,12H2,1H3,(H,22,25). The molecule has 1 unspecified atom stereocenters. The molecule has 1 saturated carbocycles. The van der Waals surface area contributed by atoms with E-state index in [4.69, 9.17) is 0 Å². The average molecular weight is 369 g/mol. The van der Waals surface area contributed by atoms with Crippen LogP contribution in [0.25, 0.3) is 0 Å². The van der Waals surface area contributed by atoms with Crippen LogP contribution in [0, 0.1) is 5.92 Å². The molecule has 136 valence electrons. The number of anilines is 1. The first-order valence-corrected chi connectivity index (χ1v) is 10.3. The Morgan fingerprint density at radius 1 is 1.12 bits per heavy atom. The molecule has 2 amide bonds. The molecule has 0 bridgehead atoms. The molecule has 1 aromatic heterocycles. The van der Waals surface area contributed by atoms with Crippen molar-refractivity contribution in [3.05, 3.63) is 51.7 Å². The fraction of sp³-hybridized carbons (Fsp3) is 0.429. The molecule has 4 nitrogen and oxygen atoms in total. The highest BCUT2D eigenvalue weighted by atomic mass is 32.1. The average Bonchev–Trinajstić information content (AvgIpc) is 3.33. The first kappa shape index (κ1) is 17.3. The number of amides is 2. The Kier molecular flexibility index (Phi) is 4.81. The van der Waals surface area contributed by atoms with E-state index >= 15 is 0 Å². The summed E-state index contributed by atoms with van der Waals surface area (Å²) in [6.07, 6.45) is 5.24. The predicted molar refractivity (Wildman–Crippen MR) is 104 cm³/mol. The van der Waals surface area contributed by atoms with E-state index in [0.717, 1.165) is 49.9 Å². The van der Waals surface area contributed by atoms with E-state index in [9.17, 15) is 9.59 Å². The lowest BCUT2D eigenvalue weighted by Crippen LogP contribution is -2.38. The van der Waals surface area contributed by atoms with Crippen LogP contribution in [0.2, 0.25) is 0 Å². The van der Waals surface area contributed by atoms with Gasteiger partial charge in [-0.2, -0.15) is 0 Å². The molecule has 2 heterocycles. The van der Waals surface area contributed by atoms with Crippen LogP contribution in [0.1, 0.15) is 54.7 Å². The monoisotopic (exact) mass is 368 g/mol. The molecule has 5 heteroatoms. The van der Waals surface area contributed by atoms with Crippen LogP contribution in [-0.2, 0) is 16.0 Å². The lowest BCUT2D eigenvalue weighted by molar-refractivity contribution is -0.130. The highest BCUT2D eigenvalue weighted by Gasteiger charge is 2.31. The SMILES string of the molecule is CC(=O)N1CCc2sccc2C1c1ccc(NC(=O)C2CCCC2)cc1. The Labute approximate surface area is 158 Å². The van der Waals surface area contributed by atoms with Gasteiger partial charge in [-0.3, -0.25) is 9.59 Å². The first-order valence-electron chi connectivity index (χ1n) is 9.38. The van der Waals surface area contributed by atoms with Crippen molar-refractivity contribution in [3.8, 4) is 0 Å². The number of benzene rings is 1. The Morgan fingerprint density at radius 3 is 2.54 bits per heavy atom. The lowest BCUT2D eigenvalue weighted by Gasteiger charge is -2.35. The fourth-order valence-corrected chi connectivity index (χ4v) is 5.10. The number of hydrogen-bond acceptors (Lipinski definition) is 3. The third kappa shape index (κ3) is 3.28. The van der Waals surface area contributed by atoms with E-state index in [-0.39, 0.29) is 23.8 Å². The number of fused-ring (bicyclic) bond motifs is 1. The number of hydrogen-bond donors (Lipinski definition) is 1. The molecule has 0 radical (unpaired) electrons. The molecule has 2 aromatic rings. The Balaban J connectivity index is 1.55. The van der Waals surface area contributed by atoms with Gasteiger partial charge in [0.05, 0.1) is 6.04 Å². The molecule has 2 aliphatic rings. The molecule has 26 heavy (non-hydrogen) atoms. The minimum atomic E-state index is -0.0258. The normalized spacial score (nSPS) is 20.0. The summed E-state index contributed by atoms with van der Waals surface area (Å²) in [4.78, 5) is 27.8. The van der Waals surface area contributed by atoms with E-state index in [1.54, 1.807) is 18.3 Å². The van der Waals surface area contributed by atoms with E-state index in [1.165, 1.54) is 10.4 Å². The summed E-state index contributed by atoms with van der Waals surface area (Å²) < 4.78 is 0. The summed E-state index contributed by atoms with van der Waals surface area (Å²) in [6, 6.07) is 10.1. The number of thiophene rings is 1. The molecular weight excluding hydrogens is 344 g/mol. The molecule has 1 fully saturated rings. The lowest BCUT2D eigenvalue weighted by atomic mass is 9.93. The zero-order chi connectivity index (χ0) is 18.1. The van der Waals surface area contributed by atoms with Crippen molar-refractivity contribution < 1.29 is 9.59 Å². The van der Waals surface area contributed by atoms with E-state index in [1.807, 2.05) is 29.2 Å². The van der Waals surface area contributed by atoms with Crippen molar-refractivity contribution >= 4 is 28.8 Å². The minimum Gasteiger partial charge on any atom is -0.331 e. The van der Waals surface area contributed by atoms with Gasteiger partial charge >= 0.3 is 0 Å². The Bertz CT molecular complexity index is 806. The van der Waals surface area contributed by atoms with Crippen LogP contribution in [0.3, 0.4) is 0 Å². The number of nitrogens with zero attached hydrogens (tertiary/aromatic N) is 1.